The van der Waals surface area contributed by atoms with Gasteiger partial charge in [0.2, 0.25) is 0 Å². The molecule has 0 fully saturated rings. The number of halogens is 1. The van der Waals surface area contributed by atoms with Gasteiger partial charge in [0.25, 0.3) is 0 Å². The highest BCUT2D eigenvalue weighted by Gasteiger charge is 2.03. The first-order valence-electron chi connectivity index (χ1n) is 6.46. The van der Waals surface area contributed by atoms with Crippen molar-refractivity contribution in [1.29, 1.82) is 0 Å². The molecule has 18 heavy (non-hydrogen) atoms. The monoisotopic (exact) mass is 314 g/mol. The van der Waals surface area contributed by atoms with Crippen LogP contribution in [0.1, 0.15) is 19.4 Å². The second-order valence-electron chi connectivity index (χ2n) is 4.16. The summed E-state index contributed by atoms with van der Waals surface area (Å²) in [6, 6.07) is 6.14. The fraction of sp³-hybridized carbons (Fsp3) is 0.571. The minimum absolute atomic E-state index is 0.845. The van der Waals surface area contributed by atoms with E-state index in [0.29, 0.717) is 0 Å². The molecule has 0 saturated heterocycles. The Bertz CT molecular complexity index is 354. The molecule has 0 saturated carbocycles. The van der Waals surface area contributed by atoms with Gasteiger partial charge >= 0.3 is 0 Å². The Hall–Kier alpha value is -0.580. The topological polar surface area (TPSA) is 24.5 Å². The van der Waals surface area contributed by atoms with Gasteiger partial charge in [0.15, 0.2) is 0 Å². The van der Waals surface area contributed by atoms with Gasteiger partial charge in [0.05, 0.1) is 7.11 Å². The van der Waals surface area contributed by atoms with Crippen LogP contribution >= 0.6 is 15.9 Å². The molecular formula is C14H23BrN2O. The van der Waals surface area contributed by atoms with Crippen molar-refractivity contribution >= 4 is 15.9 Å². The van der Waals surface area contributed by atoms with Crippen molar-refractivity contribution in [3.63, 3.8) is 0 Å². The lowest BCUT2D eigenvalue weighted by atomic mass is 10.2. The van der Waals surface area contributed by atoms with E-state index in [1.54, 1.807) is 7.11 Å². The molecule has 0 atom stereocenters. The molecule has 0 heterocycles. The maximum Gasteiger partial charge on any atom is 0.124 e. The molecule has 0 radical (unpaired) electrons. The molecule has 0 aliphatic heterocycles. The molecule has 0 unspecified atom stereocenters. The summed E-state index contributed by atoms with van der Waals surface area (Å²) in [6.45, 7) is 9.55. The molecule has 1 N–H and O–H groups in total. The van der Waals surface area contributed by atoms with Crippen LogP contribution in [-0.4, -0.2) is 38.2 Å². The summed E-state index contributed by atoms with van der Waals surface area (Å²) in [6.07, 6.45) is 0. The van der Waals surface area contributed by atoms with Crippen LogP contribution in [0, 0.1) is 0 Å². The van der Waals surface area contributed by atoms with Gasteiger partial charge in [-0.3, -0.25) is 0 Å². The summed E-state index contributed by atoms with van der Waals surface area (Å²) in [7, 11) is 1.71. The van der Waals surface area contributed by atoms with E-state index in [1.165, 1.54) is 5.56 Å². The minimum Gasteiger partial charge on any atom is -0.496 e. The quantitative estimate of drug-likeness (QED) is 0.747. The summed E-state index contributed by atoms with van der Waals surface area (Å²) < 4.78 is 6.41. The Kier molecular flexibility index (Phi) is 7.32. The van der Waals surface area contributed by atoms with Crippen LogP contribution in [0.3, 0.4) is 0 Å². The van der Waals surface area contributed by atoms with Crippen LogP contribution in [-0.2, 0) is 6.54 Å². The Labute approximate surface area is 119 Å². The Morgan fingerprint density at radius 3 is 2.61 bits per heavy atom. The standard InChI is InChI=1S/C14H23BrN2O/c1-4-17(5-2)9-8-16-11-12-6-7-13(15)10-14(12)18-3/h6-7,10,16H,4-5,8-9,11H2,1-3H3. The zero-order valence-corrected chi connectivity index (χ0v) is 13.1. The van der Waals surface area contributed by atoms with Crippen molar-refractivity contribution in [2.24, 2.45) is 0 Å². The van der Waals surface area contributed by atoms with E-state index >= 15 is 0 Å². The SMILES string of the molecule is CCN(CC)CCNCc1ccc(Br)cc1OC. The number of nitrogens with one attached hydrogen (secondary N) is 1. The summed E-state index contributed by atoms with van der Waals surface area (Å²) in [5, 5.41) is 3.46. The number of rotatable bonds is 8. The third-order valence-corrected chi connectivity index (χ3v) is 3.56. The van der Waals surface area contributed by atoms with Crippen LogP contribution in [0.4, 0.5) is 0 Å². The van der Waals surface area contributed by atoms with Gasteiger partial charge in [0.1, 0.15) is 5.75 Å². The van der Waals surface area contributed by atoms with Crippen LogP contribution in [0.5, 0.6) is 5.75 Å². The van der Waals surface area contributed by atoms with Crippen molar-refractivity contribution in [3.05, 3.63) is 28.2 Å². The lowest BCUT2D eigenvalue weighted by Crippen LogP contribution is -2.31. The van der Waals surface area contributed by atoms with E-state index in [0.717, 1.165) is 42.9 Å². The van der Waals surface area contributed by atoms with Gasteiger partial charge in [-0.2, -0.15) is 0 Å². The summed E-state index contributed by atoms with van der Waals surface area (Å²) in [5.41, 5.74) is 1.19. The summed E-state index contributed by atoms with van der Waals surface area (Å²) in [5.74, 6) is 0.930. The van der Waals surface area contributed by atoms with Crippen molar-refractivity contribution in [2.75, 3.05) is 33.3 Å². The largest absolute Gasteiger partial charge is 0.496 e. The zero-order valence-electron chi connectivity index (χ0n) is 11.5. The van der Waals surface area contributed by atoms with Gasteiger partial charge in [-0.25, -0.2) is 0 Å². The molecule has 3 nitrogen and oxygen atoms in total. The zero-order chi connectivity index (χ0) is 13.4. The highest BCUT2D eigenvalue weighted by molar-refractivity contribution is 9.10. The van der Waals surface area contributed by atoms with E-state index < -0.39 is 0 Å². The van der Waals surface area contributed by atoms with E-state index in [4.69, 9.17) is 4.74 Å². The first kappa shape index (κ1) is 15.5. The van der Waals surface area contributed by atoms with E-state index in [1.807, 2.05) is 12.1 Å². The smallest absolute Gasteiger partial charge is 0.124 e. The molecular weight excluding hydrogens is 292 g/mol. The molecule has 1 aromatic carbocycles. The Morgan fingerprint density at radius 2 is 2.00 bits per heavy atom. The number of methoxy groups -OCH3 is 1. The molecule has 0 amide bonds. The van der Waals surface area contributed by atoms with Gasteiger partial charge in [0, 0.05) is 29.7 Å². The average Bonchev–Trinajstić information content (AvgIpc) is 2.40. The van der Waals surface area contributed by atoms with Crippen molar-refractivity contribution < 1.29 is 4.74 Å². The van der Waals surface area contributed by atoms with Crippen molar-refractivity contribution in [2.45, 2.75) is 20.4 Å². The first-order valence-corrected chi connectivity index (χ1v) is 7.26. The molecule has 4 heteroatoms. The lowest BCUT2D eigenvalue weighted by Gasteiger charge is -2.18. The molecule has 102 valence electrons. The number of likely N-dealkylation sites (N-methyl/N-ethyl adjacent to an activating group) is 1. The average molecular weight is 315 g/mol. The van der Waals surface area contributed by atoms with Gasteiger partial charge < -0.3 is 15.0 Å². The van der Waals surface area contributed by atoms with Crippen LogP contribution in [0.25, 0.3) is 0 Å². The van der Waals surface area contributed by atoms with Crippen LogP contribution < -0.4 is 10.1 Å². The lowest BCUT2D eigenvalue weighted by molar-refractivity contribution is 0.302. The predicted molar refractivity (Wildman–Crippen MR) is 80.2 cm³/mol. The minimum atomic E-state index is 0.845. The Balaban J connectivity index is 2.39. The fourth-order valence-electron chi connectivity index (χ4n) is 1.86. The molecule has 0 bridgehead atoms. The number of hydrogen-bond acceptors (Lipinski definition) is 3. The van der Waals surface area contributed by atoms with Gasteiger partial charge in [-0.1, -0.05) is 35.8 Å². The predicted octanol–water partition coefficient (Wildman–Crippen LogP) is 2.89. The van der Waals surface area contributed by atoms with Gasteiger partial charge in [-0.05, 0) is 25.2 Å². The molecule has 0 aromatic heterocycles. The molecule has 1 rings (SSSR count). The summed E-state index contributed by atoms with van der Waals surface area (Å²) >= 11 is 3.45. The van der Waals surface area contributed by atoms with E-state index in [9.17, 15) is 0 Å². The summed E-state index contributed by atoms with van der Waals surface area (Å²) in [4.78, 5) is 2.41. The maximum atomic E-state index is 5.37. The number of benzene rings is 1. The third-order valence-electron chi connectivity index (χ3n) is 3.06. The third kappa shape index (κ3) is 4.96. The first-order chi connectivity index (χ1) is 8.71. The molecule has 0 spiro atoms. The van der Waals surface area contributed by atoms with Crippen LogP contribution in [0.2, 0.25) is 0 Å². The van der Waals surface area contributed by atoms with E-state index in [2.05, 4.69) is 46.1 Å². The second-order valence-corrected chi connectivity index (χ2v) is 5.08. The molecule has 1 aromatic rings. The number of hydrogen-bond donors (Lipinski definition) is 1. The van der Waals surface area contributed by atoms with Crippen LogP contribution in [0.15, 0.2) is 22.7 Å². The second kappa shape index (κ2) is 8.51. The highest BCUT2D eigenvalue weighted by Crippen LogP contribution is 2.23. The molecule has 0 aliphatic rings. The van der Waals surface area contributed by atoms with Gasteiger partial charge in [-0.15, -0.1) is 0 Å². The Morgan fingerprint density at radius 1 is 1.28 bits per heavy atom. The fourth-order valence-corrected chi connectivity index (χ4v) is 2.20. The maximum absolute atomic E-state index is 5.37. The highest BCUT2D eigenvalue weighted by atomic mass is 79.9. The number of ether oxygens (including phenoxy) is 1. The molecule has 0 aliphatic carbocycles. The van der Waals surface area contributed by atoms with Crippen molar-refractivity contribution in [3.8, 4) is 5.75 Å². The number of nitrogens with zero attached hydrogens (tertiary/aromatic N) is 1. The normalized spacial score (nSPS) is 10.9. The van der Waals surface area contributed by atoms with Crippen molar-refractivity contribution in [1.82, 2.24) is 10.2 Å². The van der Waals surface area contributed by atoms with E-state index in [-0.39, 0.29) is 0 Å².